The van der Waals surface area contributed by atoms with E-state index in [1.807, 2.05) is 12.1 Å². The summed E-state index contributed by atoms with van der Waals surface area (Å²) in [6, 6.07) is 3.55. The molecule has 2 unspecified atom stereocenters. The fraction of sp³-hybridized carbons (Fsp3) is 0.429. The number of nitrogens with one attached hydrogen (secondary N) is 1. The van der Waals surface area contributed by atoms with Gasteiger partial charge in [0.2, 0.25) is 0 Å². The number of carboxylic acid groups (broad SMARTS) is 1. The van der Waals surface area contributed by atoms with Crippen molar-refractivity contribution in [3.8, 4) is 0 Å². The van der Waals surface area contributed by atoms with Gasteiger partial charge in [0.25, 0.3) is 0 Å². The van der Waals surface area contributed by atoms with Crippen molar-refractivity contribution in [1.82, 2.24) is 15.0 Å². The summed E-state index contributed by atoms with van der Waals surface area (Å²) in [7, 11) is 0. The van der Waals surface area contributed by atoms with Gasteiger partial charge in [-0.15, -0.1) is 0 Å². The van der Waals surface area contributed by atoms with Crippen LogP contribution in [0.4, 0.5) is 5.82 Å². The van der Waals surface area contributed by atoms with Crippen molar-refractivity contribution < 1.29 is 9.90 Å². The van der Waals surface area contributed by atoms with Crippen LogP contribution in [0.25, 0.3) is 11.2 Å². The number of aromatic nitrogens is 3. The lowest BCUT2D eigenvalue weighted by atomic mass is 9.85. The Labute approximate surface area is 116 Å². The fourth-order valence-corrected chi connectivity index (χ4v) is 2.77. The first-order valence-electron chi connectivity index (χ1n) is 6.67. The van der Waals surface area contributed by atoms with Gasteiger partial charge in [0.15, 0.2) is 5.65 Å². The average molecular weight is 272 g/mol. The molecule has 1 fully saturated rings. The molecule has 0 bridgehead atoms. The SMILES string of the molecule is CC1(C(=O)O)CCCC1Nc1ccc2nccnc2n1. The summed E-state index contributed by atoms with van der Waals surface area (Å²) in [5.41, 5.74) is 0.553. The highest BCUT2D eigenvalue weighted by molar-refractivity contribution is 5.77. The molecule has 0 radical (unpaired) electrons. The summed E-state index contributed by atoms with van der Waals surface area (Å²) in [6.07, 6.45) is 5.65. The van der Waals surface area contributed by atoms with Gasteiger partial charge in [0.05, 0.1) is 5.41 Å². The Morgan fingerprint density at radius 3 is 3.00 bits per heavy atom. The van der Waals surface area contributed by atoms with Crippen LogP contribution in [-0.2, 0) is 4.79 Å². The Kier molecular flexibility index (Phi) is 3.00. The van der Waals surface area contributed by atoms with E-state index in [0.29, 0.717) is 17.9 Å². The molecule has 1 aliphatic carbocycles. The molecule has 2 heterocycles. The first-order valence-corrected chi connectivity index (χ1v) is 6.67. The molecule has 104 valence electrons. The van der Waals surface area contributed by atoms with Crippen LogP contribution in [0.5, 0.6) is 0 Å². The highest BCUT2D eigenvalue weighted by atomic mass is 16.4. The number of carbonyl (C=O) groups is 1. The molecule has 3 rings (SSSR count). The van der Waals surface area contributed by atoms with Crippen molar-refractivity contribution in [2.45, 2.75) is 32.2 Å². The van der Waals surface area contributed by atoms with Crippen molar-refractivity contribution in [2.24, 2.45) is 5.41 Å². The van der Waals surface area contributed by atoms with E-state index >= 15 is 0 Å². The van der Waals surface area contributed by atoms with Crippen LogP contribution in [0.3, 0.4) is 0 Å². The fourth-order valence-electron chi connectivity index (χ4n) is 2.77. The highest BCUT2D eigenvalue weighted by Crippen LogP contribution is 2.39. The molecule has 1 aliphatic rings. The maximum absolute atomic E-state index is 11.5. The third-order valence-electron chi connectivity index (χ3n) is 4.10. The highest BCUT2D eigenvalue weighted by Gasteiger charge is 2.45. The first-order chi connectivity index (χ1) is 9.59. The van der Waals surface area contributed by atoms with E-state index < -0.39 is 11.4 Å². The summed E-state index contributed by atoms with van der Waals surface area (Å²) in [6.45, 7) is 1.79. The predicted molar refractivity (Wildman–Crippen MR) is 74.3 cm³/mol. The standard InChI is InChI=1S/C14H16N4O2/c1-14(13(19)20)6-2-3-10(14)17-11-5-4-9-12(18-11)16-8-7-15-9/h4-5,7-8,10H,2-3,6H2,1H3,(H,19,20)(H,16,17,18). The van der Waals surface area contributed by atoms with Crippen molar-refractivity contribution >= 4 is 23.0 Å². The molecule has 6 nitrogen and oxygen atoms in total. The molecule has 0 spiro atoms. The number of pyridine rings is 1. The molecule has 0 saturated heterocycles. The van der Waals surface area contributed by atoms with Crippen molar-refractivity contribution in [3.05, 3.63) is 24.5 Å². The second-order valence-electron chi connectivity index (χ2n) is 5.41. The quantitative estimate of drug-likeness (QED) is 0.889. The van der Waals surface area contributed by atoms with Crippen molar-refractivity contribution in [3.63, 3.8) is 0 Å². The Morgan fingerprint density at radius 1 is 1.40 bits per heavy atom. The van der Waals surface area contributed by atoms with Crippen LogP contribution in [0.1, 0.15) is 26.2 Å². The van der Waals surface area contributed by atoms with Crippen molar-refractivity contribution in [1.29, 1.82) is 0 Å². The average Bonchev–Trinajstić information content (AvgIpc) is 2.81. The van der Waals surface area contributed by atoms with Crippen LogP contribution >= 0.6 is 0 Å². The van der Waals surface area contributed by atoms with E-state index in [4.69, 9.17) is 0 Å². The van der Waals surface area contributed by atoms with Gasteiger partial charge in [-0.1, -0.05) is 6.42 Å². The molecule has 2 atom stereocenters. The predicted octanol–water partition coefficient (Wildman–Crippen LogP) is 2.08. The Balaban J connectivity index is 1.87. The van der Waals surface area contributed by atoms with E-state index in [-0.39, 0.29) is 6.04 Å². The van der Waals surface area contributed by atoms with Gasteiger partial charge in [-0.05, 0) is 31.9 Å². The zero-order valence-electron chi connectivity index (χ0n) is 11.2. The molecule has 2 aromatic heterocycles. The molecule has 1 saturated carbocycles. The van der Waals surface area contributed by atoms with Crippen LogP contribution in [0.2, 0.25) is 0 Å². The number of fused-ring (bicyclic) bond motifs is 1. The summed E-state index contributed by atoms with van der Waals surface area (Å²) in [5, 5.41) is 12.7. The lowest BCUT2D eigenvalue weighted by Gasteiger charge is -2.28. The minimum absolute atomic E-state index is 0.110. The van der Waals surface area contributed by atoms with Gasteiger partial charge in [-0.3, -0.25) is 9.78 Å². The van der Waals surface area contributed by atoms with Gasteiger partial charge < -0.3 is 10.4 Å². The Morgan fingerprint density at radius 2 is 2.20 bits per heavy atom. The molecule has 2 N–H and O–H groups in total. The number of anilines is 1. The van der Waals surface area contributed by atoms with E-state index in [1.165, 1.54) is 0 Å². The van der Waals surface area contributed by atoms with Gasteiger partial charge in [-0.25, -0.2) is 9.97 Å². The molecule has 6 heteroatoms. The number of aliphatic carboxylic acids is 1. The largest absolute Gasteiger partial charge is 0.481 e. The molecular formula is C14H16N4O2. The normalized spacial score (nSPS) is 25.8. The third-order valence-corrected chi connectivity index (χ3v) is 4.10. The molecule has 2 aromatic rings. The maximum atomic E-state index is 11.5. The number of carboxylic acids is 1. The van der Waals surface area contributed by atoms with Gasteiger partial charge >= 0.3 is 5.97 Å². The molecule has 0 aromatic carbocycles. The zero-order chi connectivity index (χ0) is 14.2. The lowest BCUT2D eigenvalue weighted by molar-refractivity contribution is -0.147. The minimum atomic E-state index is -0.756. The van der Waals surface area contributed by atoms with Crippen LogP contribution in [-0.4, -0.2) is 32.1 Å². The number of hydrogen-bond donors (Lipinski definition) is 2. The minimum Gasteiger partial charge on any atom is -0.481 e. The van der Waals surface area contributed by atoms with E-state index in [1.54, 1.807) is 19.3 Å². The first kappa shape index (κ1) is 12.8. The van der Waals surface area contributed by atoms with Crippen LogP contribution in [0.15, 0.2) is 24.5 Å². The van der Waals surface area contributed by atoms with Gasteiger partial charge in [0, 0.05) is 18.4 Å². The number of nitrogens with zero attached hydrogens (tertiary/aromatic N) is 3. The second kappa shape index (κ2) is 4.70. The summed E-state index contributed by atoms with van der Waals surface area (Å²) in [4.78, 5) is 24.2. The summed E-state index contributed by atoms with van der Waals surface area (Å²) in [5.74, 6) is -0.106. The molecular weight excluding hydrogens is 256 g/mol. The summed E-state index contributed by atoms with van der Waals surface area (Å²) >= 11 is 0. The smallest absolute Gasteiger partial charge is 0.311 e. The van der Waals surface area contributed by atoms with Gasteiger partial charge in [0.1, 0.15) is 11.3 Å². The van der Waals surface area contributed by atoms with Crippen molar-refractivity contribution in [2.75, 3.05) is 5.32 Å². The van der Waals surface area contributed by atoms with Gasteiger partial charge in [-0.2, -0.15) is 0 Å². The number of rotatable bonds is 3. The molecule has 0 aliphatic heterocycles. The Bertz CT molecular complexity index is 660. The second-order valence-corrected chi connectivity index (χ2v) is 5.41. The molecule has 20 heavy (non-hydrogen) atoms. The third kappa shape index (κ3) is 2.07. The van der Waals surface area contributed by atoms with E-state index in [9.17, 15) is 9.90 Å². The summed E-state index contributed by atoms with van der Waals surface area (Å²) < 4.78 is 0. The van der Waals surface area contributed by atoms with E-state index in [2.05, 4.69) is 20.3 Å². The Hall–Kier alpha value is -2.24. The van der Waals surface area contributed by atoms with Crippen LogP contribution in [0, 0.1) is 5.41 Å². The van der Waals surface area contributed by atoms with E-state index in [0.717, 1.165) is 18.4 Å². The maximum Gasteiger partial charge on any atom is 0.311 e. The zero-order valence-corrected chi connectivity index (χ0v) is 11.2. The topological polar surface area (TPSA) is 88.0 Å². The van der Waals surface area contributed by atoms with Crippen LogP contribution < -0.4 is 5.32 Å². The number of hydrogen-bond acceptors (Lipinski definition) is 5. The monoisotopic (exact) mass is 272 g/mol. The molecule has 0 amide bonds. The lowest BCUT2D eigenvalue weighted by Crippen LogP contribution is -2.40.